The molecule has 0 fully saturated rings. The van der Waals surface area contributed by atoms with Gasteiger partial charge < -0.3 is 9.47 Å². The summed E-state index contributed by atoms with van der Waals surface area (Å²) in [6, 6.07) is 16.3. The van der Waals surface area contributed by atoms with E-state index in [0.717, 1.165) is 11.3 Å². The Morgan fingerprint density at radius 2 is 1.71 bits per heavy atom. The van der Waals surface area contributed by atoms with E-state index in [2.05, 4.69) is 10.2 Å². The van der Waals surface area contributed by atoms with Gasteiger partial charge in [-0.1, -0.05) is 47.7 Å². The van der Waals surface area contributed by atoms with Crippen LogP contribution in [0.1, 0.15) is 25.2 Å². The van der Waals surface area contributed by atoms with Crippen LogP contribution in [0.4, 0.5) is 5.69 Å². The molecular formula is C22H26N4O3S2. The SMILES string of the molecule is CCN(C(=O)CSc1nnc(CS(=O)(=O)c2ccc(C)cc2)n1CC)c1ccccc1. The van der Waals surface area contributed by atoms with E-state index in [1.165, 1.54) is 11.8 Å². The molecule has 1 amide bonds. The molecule has 0 aliphatic heterocycles. The summed E-state index contributed by atoms with van der Waals surface area (Å²) in [4.78, 5) is 14.7. The number of carbonyl (C=O) groups is 1. The van der Waals surface area contributed by atoms with Crippen molar-refractivity contribution in [2.45, 2.75) is 43.1 Å². The van der Waals surface area contributed by atoms with Gasteiger partial charge in [0.15, 0.2) is 15.0 Å². The molecular weight excluding hydrogens is 432 g/mol. The fourth-order valence-electron chi connectivity index (χ4n) is 3.16. The highest BCUT2D eigenvalue weighted by Gasteiger charge is 2.22. The predicted octanol–water partition coefficient (Wildman–Crippen LogP) is 3.73. The molecule has 0 saturated carbocycles. The number of carbonyl (C=O) groups excluding carboxylic acids is 1. The molecule has 31 heavy (non-hydrogen) atoms. The van der Waals surface area contributed by atoms with Crippen molar-refractivity contribution >= 4 is 33.2 Å². The van der Waals surface area contributed by atoms with E-state index in [4.69, 9.17) is 0 Å². The number of nitrogens with zero attached hydrogens (tertiary/aromatic N) is 4. The highest BCUT2D eigenvalue weighted by atomic mass is 32.2. The summed E-state index contributed by atoms with van der Waals surface area (Å²) in [6.45, 7) is 6.81. The quantitative estimate of drug-likeness (QED) is 0.454. The van der Waals surface area contributed by atoms with E-state index in [9.17, 15) is 13.2 Å². The topological polar surface area (TPSA) is 85.2 Å². The molecule has 0 spiro atoms. The van der Waals surface area contributed by atoms with Gasteiger partial charge in [0, 0.05) is 18.8 Å². The van der Waals surface area contributed by atoms with Gasteiger partial charge in [0.1, 0.15) is 11.6 Å². The normalized spacial score (nSPS) is 11.5. The third kappa shape index (κ3) is 5.54. The van der Waals surface area contributed by atoms with Crippen molar-refractivity contribution in [1.82, 2.24) is 14.8 Å². The third-order valence-electron chi connectivity index (χ3n) is 4.82. The van der Waals surface area contributed by atoms with Crippen LogP contribution in [0.25, 0.3) is 0 Å². The first-order valence-electron chi connectivity index (χ1n) is 10.1. The molecule has 9 heteroatoms. The van der Waals surface area contributed by atoms with Crippen LogP contribution in [0, 0.1) is 6.92 Å². The van der Waals surface area contributed by atoms with E-state index in [0.29, 0.717) is 24.1 Å². The average Bonchev–Trinajstić information content (AvgIpc) is 3.14. The van der Waals surface area contributed by atoms with Crippen LogP contribution in [-0.4, -0.2) is 41.4 Å². The molecule has 1 heterocycles. The summed E-state index contributed by atoms with van der Waals surface area (Å²) in [7, 11) is -3.54. The Morgan fingerprint density at radius 3 is 2.32 bits per heavy atom. The second kappa shape index (κ2) is 10.1. The fourth-order valence-corrected chi connectivity index (χ4v) is 5.33. The Bertz CT molecular complexity index is 1130. The van der Waals surface area contributed by atoms with Crippen molar-refractivity contribution in [2.75, 3.05) is 17.2 Å². The molecule has 0 unspecified atom stereocenters. The van der Waals surface area contributed by atoms with Crippen LogP contribution in [-0.2, 0) is 26.9 Å². The molecule has 2 aromatic carbocycles. The maximum atomic E-state index is 12.8. The van der Waals surface area contributed by atoms with Gasteiger partial charge in [-0.05, 0) is 45.0 Å². The molecule has 0 aliphatic carbocycles. The van der Waals surface area contributed by atoms with E-state index in [1.54, 1.807) is 33.7 Å². The first-order chi connectivity index (χ1) is 14.9. The summed E-state index contributed by atoms with van der Waals surface area (Å²) in [6.07, 6.45) is 0. The number of rotatable bonds is 9. The lowest BCUT2D eigenvalue weighted by molar-refractivity contribution is -0.116. The fraction of sp³-hybridized carbons (Fsp3) is 0.318. The van der Waals surface area contributed by atoms with Crippen LogP contribution in [0.3, 0.4) is 0 Å². The zero-order valence-corrected chi connectivity index (χ0v) is 19.5. The number of hydrogen-bond donors (Lipinski definition) is 0. The first kappa shape index (κ1) is 23.0. The molecule has 0 saturated heterocycles. The van der Waals surface area contributed by atoms with Gasteiger partial charge in [0.2, 0.25) is 5.91 Å². The number of aryl methyl sites for hydroxylation is 1. The van der Waals surface area contributed by atoms with E-state index in [-0.39, 0.29) is 22.3 Å². The molecule has 3 rings (SSSR count). The summed E-state index contributed by atoms with van der Waals surface area (Å²) in [5.41, 5.74) is 1.84. The smallest absolute Gasteiger partial charge is 0.237 e. The molecule has 0 radical (unpaired) electrons. The van der Waals surface area contributed by atoms with Gasteiger partial charge in [0.25, 0.3) is 0 Å². The Labute approximate surface area is 187 Å². The summed E-state index contributed by atoms with van der Waals surface area (Å²) in [5, 5.41) is 8.79. The van der Waals surface area contributed by atoms with Crippen molar-refractivity contribution in [2.24, 2.45) is 0 Å². The standard InChI is InChI=1S/C22H26N4O3S2/c1-4-25(18-9-7-6-8-10-18)21(27)15-30-22-24-23-20(26(22)5-2)16-31(28,29)19-13-11-17(3)12-14-19/h6-14H,4-5,15-16H2,1-3H3. The number of amides is 1. The van der Waals surface area contributed by atoms with Crippen molar-refractivity contribution in [3.63, 3.8) is 0 Å². The lowest BCUT2D eigenvalue weighted by Crippen LogP contribution is -2.32. The number of aromatic nitrogens is 3. The number of thioether (sulfide) groups is 1. The van der Waals surface area contributed by atoms with Gasteiger partial charge in [0.05, 0.1) is 10.6 Å². The van der Waals surface area contributed by atoms with E-state index in [1.807, 2.05) is 51.1 Å². The molecule has 3 aromatic rings. The Kier molecular flexibility index (Phi) is 7.50. The summed E-state index contributed by atoms with van der Waals surface area (Å²) < 4.78 is 27.3. The zero-order chi connectivity index (χ0) is 22.4. The molecule has 164 valence electrons. The highest BCUT2D eigenvalue weighted by Crippen LogP contribution is 2.22. The van der Waals surface area contributed by atoms with Gasteiger partial charge in [-0.15, -0.1) is 10.2 Å². The van der Waals surface area contributed by atoms with Gasteiger partial charge in [-0.2, -0.15) is 0 Å². The van der Waals surface area contributed by atoms with Gasteiger partial charge in [-0.25, -0.2) is 8.42 Å². The van der Waals surface area contributed by atoms with Crippen LogP contribution in [0.5, 0.6) is 0 Å². The second-order valence-corrected chi connectivity index (χ2v) is 9.91. The first-order valence-corrected chi connectivity index (χ1v) is 12.7. The molecule has 7 nitrogen and oxygen atoms in total. The van der Waals surface area contributed by atoms with Crippen molar-refractivity contribution in [3.05, 3.63) is 66.0 Å². The molecule has 0 bridgehead atoms. The van der Waals surface area contributed by atoms with Crippen LogP contribution in [0.2, 0.25) is 0 Å². The van der Waals surface area contributed by atoms with Crippen molar-refractivity contribution in [1.29, 1.82) is 0 Å². The van der Waals surface area contributed by atoms with Crippen LogP contribution >= 0.6 is 11.8 Å². The van der Waals surface area contributed by atoms with Gasteiger partial charge in [-0.3, -0.25) is 4.79 Å². The molecule has 0 N–H and O–H groups in total. The third-order valence-corrected chi connectivity index (χ3v) is 7.40. The Morgan fingerprint density at radius 1 is 1.03 bits per heavy atom. The van der Waals surface area contributed by atoms with Crippen molar-refractivity contribution in [3.8, 4) is 0 Å². The highest BCUT2D eigenvalue weighted by molar-refractivity contribution is 7.99. The monoisotopic (exact) mass is 458 g/mol. The maximum absolute atomic E-state index is 12.8. The largest absolute Gasteiger partial charge is 0.312 e. The minimum atomic E-state index is -3.54. The minimum absolute atomic E-state index is 0.0434. The number of benzene rings is 2. The molecule has 1 aromatic heterocycles. The lowest BCUT2D eigenvalue weighted by atomic mass is 10.2. The second-order valence-electron chi connectivity index (χ2n) is 6.98. The lowest BCUT2D eigenvalue weighted by Gasteiger charge is -2.20. The Balaban J connectivity index is 1.72. The minimum Gasteiger partial charge on any atom is -0.312 e. The molecule has 0 aliphatic rings. The van der Waals surface area contributed by atoms with Crippen LogP contribution < -0.4 is 4.90 Å². The van der Waals surface area contributed by atoms with E-state index < -0.39 is 9.84 Å². The number of para-hydroxylation sites is 1. The number of anilines is 1. The van der Waals surface area contributed by atoms with Crippen LogP contribution in [0.15, 0.2) is 64.6 Å². The molecule has 0 atom stereocenters. The zero-order valence-electron chi connectivity index (χ0n) is 17.9. The summed E-state index contributed by atoms with van der Waals surface area (Å²) >= 11 is 1.27. The predicted molar refractivity (Wildman–Crippen MR) is 123 cm³/mol. The van der Waals surface area contributed by atoms with Gasteiger partial charge >= 0.3 is 0 Å². The van der Waals surface area contributed by atoms with E-state index >= 15 is 0 Å². The summed E-state index contributed by atoms with van der Waals surface area (Å²) in [5.74, 6) is 0.272. The Hall–Kier alpha value is -2.65. The number of hydrogen-bond acceptors (Lipinski definition) is 6. The average molecular weight is 459 g/mol. The maximum Gasteiger partial charge on any atom is 0.237 e. The van der Waals surface area contributed by atoms with Crippen molar-refractivity contribution < 1.29 is 13.2 Å². The number of sulfone groups is 1.